The molecule has 29 heavy (non-hydrogen) atoms. The van der Waals surface area contributed by atoms with Gasteiger partial charge in [0.25, 0.3) is 0 Å². The van der Waals surface area contributed by atoms with E-state index in [1.807, 2.05) is 30.3 Å². The van der Waals surface area contributed by atoms with E-state index in [9.17, 15) is 12.8 Å². The maximum absolute atomic E-state index is 13.0. The summed E-state index contributed by atoms with van der Waals surface area (Å²) in [5.41, 5.74) is 2.28. The quantitative estimate of drug-likeness (QED) is 0.619. The summed E-state index contributed by atoms with van der Waals surface area (Å²) < 4.78 is 45.4. The third-order valence-electron chi connectivity index (χ3n) is 4.95. The summed E-state index contributed by atoms with van der Waals surface area (Å²) in [4.78, 5) is 6.62. The van der Waals surface area contributed by atoms with Crippen LogP contribution in [-0.2, 0) is 22.3 Å². The summed E-state index contributed by atoms with van der Waals surface area (Å²) in [5, 5.41) is 0. The average molecular weight is 415 g/mol. The molecule has 152 valence electrons. The highest BCUT2D eigenvalue weighted by Crippen LogP contribution is 2.20. The molecule has 1 aliphatic heterocycles. The summed E-state index contributed by atoms with van der Waals surface area (Å²) in [6.45, 7) is 2.76. The molecule has 0 radical (unpaired) electrons. The van der Waals surface area contributed by atoms with Gasteiger partial charge in [-0.25, -0.2) is 17.8 Å². The maximum atomic E-state index is 13.0. The lowest BCUT2D eigenvalue weighted by Crippen LogP contribution is -2.48. The summed E-state index contributed by atoms with van der Waals surface area (Å²) in [6.07, 6.45) is 1.59. The molecule has 0 bridgehead atoms. The topological polar surface area (TPSA) is 66.7 Å². The lowest BCUT2D eigenvalue weighted by atomic mass is 10.2. The Morgan fingerprint density at radius 2 is 1.66 bits per heavy atom. The highest BCUT2D eigenvalue weighted by molar-refractivity contribution is 7.88. The highest BCUT2D eigenvalue weighted by atomic mass is 32.2. The van der Waals surface area contributed by atoms with E-state index in [-0.39, 0.29) is 11.6 Å². The number of oxazole rings is 1. The number of sulfonamides is 1. The predicted molar refractivity (Wildman–Crippen MR) is 108 cm³/mol. The second-order valence-corrected chi connectivity index (χ2v) is 9.04. The van der Waals surface area contributed by atoms with Gasteiger partial charge in [0.05, 0.1) is 11.4 Å². The van der Waals surface area contributed by atoms with Gasteiger partial charge < -0.3 is 4.42 Å². The lowest BCUT2D eigenvalue weighted by molar-refractivity contribution is 0.180. The first-order valence-electron chi connectivity index (χ1n) is 9.44. The van der Waals surface area contributed by atoms with Crippen molar-refractivity contribution >= 4 is 10.0 Å². The molecule has 0 amide bonds. The molecule has 6 nitrogen and oxygen atoms in total. The van der Waals surface area contributed by atoms with Crippen LogP contribution in [0.5, 0.6) is 0 Å². The lowest BCUT2D eigenvalue weighted by Gasteiger charge is -2.33. The molecule has 0 unspecified atom stereocenters. The van der Waals surface area contributed by atoms with Crippen molar-refractivity contribution in [2.75, 3.05) is 26.2 Å². The second kappa shape index (κ2) is 8.44. The molecule has 0 N–H and O–H groups in total. The van der Waals surface area contributed by atoms with Crippen LogP contribution in [0.1, 0.15) is 11.3 Å². The van der Waals surface area contributed by atoms with Gasteiger partial charge in [-0.2, -0.15) is 4.31 Å². The van der Waals surface area contributed by atoms with Crippen molar-refractivity contribution in [3.05, 3.63) is 77.9 Å². The Morgan fingerprint density at radius 1 is 0.966 bits per heavy atom. The average Bonchev–Trinajstić information content (AvgIpc) is 3.18. The number of hydrogen-bond donors (Lipinski definition) is 0. The Bertz CT molecular complexity index is 1040. The van der Waals surface area contributed by atoms with Crippen LogP contribution >= 0.6 is 0 Å². The van der Waals surface area contributed by atoms with Crippen molar-refractivity contribution in [1.29, 1.82) is 0 Å². The van der Waals surface area contributed by atoms with E-state index in [4.69, 9.17) is 4.42 Å². The van der Waals surface area contributed by atoms with Crippen LogP contribution in [0.25, 0.3) is 11.5 Å². The van der Waals surface area contributed by atoms with Gasteiger partial charge in [-0.05, 0) is 29.8 Å². The van der Waals surface area contributed by atoms with Crippen molar-refractivity contribution in [2.24, 2.45) is 0 Å². The molecule has 0 atom stereocenters. The molecule has 1 fully saturated rings. The molecule has 2 heterocycles. The molecule has 1 aliphatic rings. The van der Waals surface area contributed by atoms with E-state index in [0.29, 0.717) is 38.6 Å². The van der Waals surface area contributed by atoms with Gasteiger partial charge in [0.2, 0.25) is 15.9 Å². The Labute approximate surface area is 169 Å². The van der Waals surface area contributed by atoms with Crippen LogP contribution in [0, 0.1) is 5.82 Å². The second-order valence-electron chi connectivity index (χ2n) is 7.07. The van der Waals surface area contributed by atoms with Crippen molar-refractivity contribution in [2.45, 2.75) is 12.3 Å². The van der Waals surface area contributed by atoms with Crippen LogP contribution in [0.2, 0.25) is 0 Å². The number of nitrogens with zero attached hydrogens (tertiary/aromatic N) is 3. The Kier molecular flexibility index (Phi) is 5.75. The molecule has 0 spiro atoms. The van der Waals surface area contributed by atoms with E-state index in [2.05, 4.69) is 9.88 Å². The van der Waals surface area contributed by atoms with E-state index >= 15 is 0 Å². The summed E-state index contributed by atoms with van der Waals surface area (Å²) >= 11 is 0. The summed E-state index contributed by atoms with van der Waals surface area (Å²) in [6, 6.07) is 15.2. The van der Waals surface area contributed by atoms with Crippen LogP contribution in [0.4, 0.5) is 4.39 Å². The van der Waals surface area contributed by atoms with Crippen molar-refractivity contribution in [3.8, 4) is 11.5 Å². The maximum Gasteiger partial charge on any atom is 0.226 e. The fourth-order valence-corrected chi connectivity index (χ4v) is 4.89. The molecule has 1 aromatic heterocycles. The smallest absolute Gasteiger partial charge is 0.226 e. The fourth-order valence-electron chi connectivity index (χ4n) is 3.38. The SMILES string of the molecule is O=S(=O)(Cc1ccccc1)N1CCN(Cc2coc(-c3ccc(F)cc3)n2)CC1. The molecule has 4 rings (SSSR count). The van der Waals surface area contributed by atoms with Crippen LogP contribution in [0.3, 0.4) is 0 Å². The van der Waals surface area contributed by atoms with Crippen LogP contribution in [-0.4, -0.2) is 48.8 Å². The number of hydrogen-bond acceptors (Lipinski definition) is 5. The molecule has 0 aliphatic carbocycles. The van der Waals surface area contributed by atoms with Crippen molar-refractivity contribution < 1.29 is 17.2 Å². The minimum absolute atomic E-state index is 0.0259. The number of rotatable bonds is 6. The van der Waals surface area contributed by atoms with Gasteiger partial charge in [-0.3, -0.25) is 4.90 Å². The standard InChI is InChI=1S/C21H22FN3O3S/c22-19-8-6-18(7-9-19)21-23-20(15-28-21)14-24-10-12-25(13-11-24)29(26,27)16-17-4-2-1-3-5-17/h1-9,15H,10-14,16H2. The molecule has 3 aromatic rings. The summed E-state index contributed by atoms with van der Waals surface area (Å²) in [5.74, 6) is 0.169. The monoisotopic (exact) mass is 415 g/mol. The molecule has 2 aromatic carbocycles. The third-order valence-corrected chi connectivity index (χ3v) is 6.80. The molecule has 0 saturated carbocycles. The van der Waals surface area contributed by atoms with Crippen LogP contribution < -0.4 is 0 Å². The molecular formula is C21H22FN3O3S. The zero-order valence-electron chi connectivity index (χ0n) is 15.9. The first-order valence-corrected chi connectivity index (χ1v) is 11.0. The van der Waals surface area contributed by atoms with E-state index in [0.717, 1.165) is 16.8 Å². The van der Waals surface area contributed by atoms with Crippen molar-refractivity contribution in [3.63, 3.8) is 0 Å². The number of halogens is 1. The Balaban J connectivity index is 1.33. The van der Waals surface area contributed by atoms with Gasteiger partial charge in [-0.15, -0.1) is 0 Å². The van der Waals surface area contributed by atoms with Crippen LogP contribution in [0.15, 0.2) is 65.3 Å². The number of benzene rings is 2. The predicted octanol–water partition coefficient (Wildman–Crippen LogP) is 3.13. The Hall–Kier alpha value is -2.55. The first-order chi connectivity index (χ1) is 14.0. The first kappa shape index (κ1) is 19.8. The van der Waals surface area contributed by atoms with Gasteiger partial charge in [0.1, 0.15) is 12.1 Å². The third kappa shape index (κ3) is 4.90. The molecule has 8 heteroatoms. The largest absolute Gasteiger partial charge is 0.444 e. The molecular weight excluding hydrogens is 393 g/mol. The van der Waals surface area contributed by atoms with Gasteiger partial charge in [-0.1, -0.05) is 30.3 Å². The normalized spacial score (nSPS) is 16.2. The summed E-state index contributed by atoms with van der Waals surface area (Å²) in [7, 11) is -3.33. The van der Waals surface area contributed by atoms with Gasteiger partial charge >= 0.3 is 0 Å². The zero-order chi connectivity index (χ0) is 20.3. The number of piperazine rings is 1. The zero-order valence-corrected chi connectivity index (χ0v) is 16.7. The van der Waals surface area contributed by atoms with E-state index in [1.165, 1.54) is 12.1 Å². The van der Waals surface area contributed by atoms with Crippen molar-refractivity contribution in [1.82, 2.24) is 14.2 Å². The van der Waals surface area contributed by atoms with E-state index < -0.39 is 10.0 Å². The Morgan fingerprint density at radius 3 is 2.34 bits per heavy atom. The molecule has 1 saturated heterocycles. The highest BCUT2D eigenvalue weighted by Gasteiger charge is 2.27. The fraction of sp³-hybridized carbons (Fsp3) is 0.286. The van der Waals surface area contributed by atoms with Gasteiger partial charge in [0.15, 0.2) is 0 Å². The number of aromatic nitrogens is 1. The minimum atomic E-state index is -3.33. The minimum Gasteiger partial charge on any atom is -0.444 e. The van der Waals surface area contributed by atoms with Gasteiger partial charge in [0, 0.05) is 38.3 Å². The van der Waals surface area contributed by atoms with E-state index in [1.54, 1.807) is 22.7 Å².